The lowest BCUT2D eigenvalue weighted by Crippen LogP contribution is -2.34. The molecule has 1 atom stereocenters. The molecule has 0 spiro atoms. The van der Waals surface area contributed by atoms with Gasteiger partial charge in [0.1, 0.15) is 6.54 Å². The first-order valence-corrected chi connectivity index (χ1v) is 8.83. The van der Waals surface area contributed by atoms with Gasteiger partial charge in [0.15, 0.2) is 5.82 Å². The lowest BCUT2D eigenvalue weighted by atomic mass is 10.2. The Labute approximate surface area is 144 Å². The largest absolute Gasteiger partial charge is 0.339 e. The van der Waals surface area contributed by atoms with Crippen LogP contribution in [0.4, 0.5) is 0 Å². The number of likely N-dealkylation sites (tertiary alicyclic amines) is 1. The lowest BCUT2D eigenvalue weighted by Gasteiger charge is -2.22. The SMILES string of the molecule is O=C(Cn1ncc2ccccc21)N1CCC[C@@H]1c1noc(C2CC2)n1. The molecule has 1 aliphatic heterocycles. The second-order valence-electron chi connectivity index (χ2n) is 6.87. The molecular weight excluding hydrogens is 318 g/mol. The second-order valence-corrected chi connectivity index (χ2v) is 6.87. The molecule has 1 aromatic carbocycles. The Balaban J connectivity index is 1.36. The highest BCUT2D eigenvalue weighted by Gasteiger charge is 2.36. The minimum Gasteiger partial charge on any atom is -0.339 e. The molecular formula is C18H19N5O2. The van der Waals surface area contributed by atoms with Crippen LogP contribution in [0.3, 0.4) is 0 Å². The van der Waals surface area contributed by atoms with Crippen LogP contribution in [0, 0.1) is 0 Å². The summed E-state index contributed by atoms with van der Waals surface area (Å²) in [5, 5.41) is 9.54. The summed E-state index contributed by atoms with van der Waals surface area (Å²) in [6, 6.07) is 7.84. The summed E-state index contributed by atoms with van der Waals surface area (Å²) in [6.45, 7) is 0.966. The Morgan fingerprint density at radius 1 is 1.24 bits per heavy atom. The van der Waals surface area contributed by atoms with Gasteiger partial charge in [-0.2, -0.15) is 10.1 Å². The Kier molecular flexibility index (Phi) is 3.33. The first-order valence-electron chi connectivity index (χ1n) is 8.83. The standard InChI is InChI=1S/C18H19N5O2/c24-16(11-23-14-5-2-1-4-13(14)10-19-23)22-9-3-6-15(22)17-20-18(25-21-17)12-7-8-12/h1-2,4-5,10,12,15H,3,6-9,11H2/t15-/m1/s1. The Morgan fingerprint density at radius 3 is 3.00 bits per heavy atom. The van der Waals surface area contributed by atoms with Crippen LogP contribution in [-0.2, 0) is 11.3 Å². The quantitative estimate of drug-likeness (QED) is 0.731. The van der Waals surface area contributed by atoms with Gasteiger partial charge in [0.25, 0.3) is 0 Å². The van der Waals surface area contributed by atoms with Crippen molar-refractivity contribution in [2.45, 2.75) is 44.2 Å². The molecule has 1 amide bonds. The van der Waals surface area contributed by atoms with Crippen molar-refractivity contribution in [3.63, 3.8) is 0 Å². The molecule has 7 nitrogen and oxygen atoms in total. The monoisotopic (exact) mass is 337 g/mol. The molecule has 1 aliphatic carbocycles. The summed E-state index contributed by atoms with van der Waals surface area (Å²) < 4.78 is 7.14. The van der Waals surface area contributed by atoms with Crippen molar-refractivity contribution in [1.29, 1.82) is 0 Å². The van der Waals surface area contributed by atoms with Gasteiger partial charge in [-0.1, -0.05) is 23.4 Å². The van der Waals surface area contributed by atoms with E-state index in [9.17, 15) is 4.79 Å². The molecule has 2 aliphatic rings. The summed E-state index contributed by atoms with van der Waals surface area (Å²) in [4.78, 5) is 19.3. The zero-order chi connectivity index (χ0) is 16.8. The molecule has 3 heterocycles. The predicted molar refractivity (Wildman–Crippen MR) is 89.7 cm³/mol. The fourth-order valence-electron chi connectivity index (χ4n) is 3.58. The first kappa shape index (κ1) is 14.6. The van der Waals surface area contributed by atoms with E-state index < -0.39 is 0 Å². The van der Waals surface area contributed by atoms with Crippen molar-refractivity contribution in [3.8, 4) is 0 Å². The van der Waals surface area contributed by atoms with Crippen LogP contribution in [-0.4, -0.2) is 37.3 Å². The highest BCUT2D eigenvalue weighted by molar-refractivity contribution is 5.82. The van der Waals surface area contributed by atoms with Crippen molar-refractivity contribution in [2.75, 3.05) is 6.54 Å². The van der Waals surface area contributed by atoms with E-state index in [0.717, 1.165) is 49.0 Å². The second kappa shape index (κ2) is 5.68. The van der Waals surface area contributed by atoms with E-state index in [1.807, 2.05) is 29.2 Å². The summed E-state index contributed by atoms with van der Waals surface area (Å²) >= 11 is 0. The number of hydrogen-bond donors (Lipinski definition) is 0. The molecule has 1 saturated heterocycles. The molecule has 5 rings (SSSR count). The summed E-state index contributed by atoms with van der Waals surface area (Å²) in [5.74, 6) is 1.86. The number of hydrogen-bond acceptors (Lipinski definition) is 5. The number of carbonyl (C=O) groups excluding carboxylic acids is 1. The van der Waals surface area contributed by atoms with Crippen LogP contribution in [0.25, 0.3) is 10.9 Å². The topological polar surface area (TPSA) is 77.0 Å². The van der Waals surface area contributed by atoms with Gasteiger partial charge in [0, 0.05) is 17.8 Å². The van der Waals surface area contributed by atoms with Crippen molar-refractivity contribution in [3.05, 3.63) is 42.2 Å². The maximum Gasteiger partial charge on any atom is 0.244 e. The molecule has 0 bridgehead atoms. The molecule has 2 fully saturated rings. The van der Waals surface area contributed by atoms with Crippen LogP contribution < -0.4 is 0 Å². The molecule has 7 heteroatoms. The summed E-state index contributed by atoms with van der Waals surface area (Å²) in [5.41, 5.74) is 0.974. The normalized spacial score (nSPS) is 20.5. The van der Waals surface area contributed by atoms with Crippen LogP contribution in [0.2, 0.25) is 0 Å². The molecule has 0 radical (unpaired) electrons. The van der Waals surface area contributed by atoms with Crippen LogP contribution in [0.5, 0.6) is 0 Å². The highest BCUT2D eigenvalue weighted by Crippen LogP contribution is 2.40. The highest BCUT2D eigenvalue weighted by atomic mass is 16.5. The average molecular weight is 337 g/mol. The van der Waals surface area contributed by atoms with Crippen LogP contribution in [0.1, 0.15) is 49.4 Å². The molecule has 25 heavy (non-hydrogen) atoms. The first-order chi connectivity index (χ1) is 12.3. The Morgan fingerprint density at radius 2 is 2.12 bits per heavy atom. The molecule has 128 valence electrons. The average Bonchev–Trinajstić information content (AvgIpc) is 3.04. The zero-order valence-electron chi connectivity index (χ0n) is 13.8. The predicted octanol–water partition coefficient (Wildman–Crippen LogP) is 2.66. The number of amides is 1. The van der Waals surface area contributed by atoms with Gasteiger partial charge in [-0.05, 0) is 31.7 Å². The fraction of sp³-hybridized carbons (Fsp3) is 0.444. The van der Waals surface area contributed by atoms with Gasteiger partial charge in [-0.15, -0.1) is 0 Å². The lowest BCUT2D eigenvalue weighted by molar-refractivity contribution is -0.133. The van der Waals surface area contributed by atoms with E-state index in [2.05, 4.69) is 15.2 Å². The van der Waals surface area contributed by atoms with E-state index >= 15 is 0 Å². The van der Waals surface area contributed by atoms with Gasteiger partial charge >= 0.3 is 0 Å². The number of nitrogens with zero attached hydrogens (tertiary/aromatic N) is 5. The van der Waals surface area contributed by atoms with E-state index in [1.165, 1.54) is 0 Å². The smallest absolute Gasteiger partial charge is 0.244 e. The van der Waals surface area contributed by atoms with Crippen molar-refractivity contribution >= 4 is 16.8 Å². The number of para-hydroxylation sites is 1. The fourth-order valence-corrected chi connectivity index (χ4v) is 3.58. The third kappa shape index (κ3) is 2.59. The maximum absolute atomic E-state index is 12.9. The van der Waals surface area contributed by atoms with E-state index in [0.29, 0.717) is 11.7 Å². The number of fused-ring (bicyclic) bond motifs is 1. The van der Waals surface area contributed by atoms with E-state index in [4.69, 9.17) is 4.52 Å². The number of benzene rings is 1. The van der Waals surface area contributed by atoms with Crippen LogP contribution in [0.15, 0.2) is 35.0 Å². The molecule has 2 aromatic heterocycles. The zero-order valence-corrected chi connectivity index (χ0v) is 13.8. The van der Waals surface area contributed by atoms with E-state index in [1.54, 1.807) is 10.9 Å². The number of rotatable bonds is 4. The molecule has 1 saturated carbocycles. The van der Waals surface area contributed by atoms with Crippen LogP contribution >= 0.6 is 0 Å². The van der Waals surface area contributed by atoms with E-state index in [-0.39, 0.29) is 18.5 Å². The Hall–Kier alpha value is -2.70. The molecule has 0 unspecified atom stereocenters. The minimum atomic E-state index is -0.0782. The molecule has 3 aromatic rings. The molecule has 0 N–H and O–H groups in total. The summed E-state index contributed by atoms with van der Waals surface area (Å²) in [6.07, 6.45) is 5.90. The third-order valence-corrected chi connectivity index (χ3v) is 5.09. The van der Waals surface area contributed by atoms with Crippen molar-refractivity contribution in [1.82, 2.24) is 24.8 Å². The van der Waals surface area contributed by atoms with Crippen molar-refractivity contribution in [2.24, 2.45) is 0 Å². The number of aromatic nitrogens is 4. The summed E-state index contributed by atoms with van der Waals surface area (Å²) in [7, 11) is 0. The Bertz CT molecular complexity index is 926. The minimum absolute atomic E-state index is 0.0501. The third-order valence-electron chi connectivity index (χ3n) is 5.09. The van der Waals surface area contributed by atoms with Gasteiger partial charge < -0.3 is 9.42 Å². The van der Waals surface area contributed by atoms with Gasteiger partial charge in [0.2, 0.25) is 11.8 Å². The maximum atomic E-state index is 12.9. The van der Waals surface area contributed by atoms with Gasteiger partial charge in [-0.3, -0.25) is 9.48 Å². The van der Waals surface area contributed by atoms with Crippen molar-refractivity contribution < 1.29 is 9.32 Å². The number of carbonyl (C=O) groups is 1. The van der Waals surface area contributed by atoms with Gasteiger partial charge in [0.05, 0.1) is 17.8 Å². The van der Waals surface area contributed by atoms with Gasteiger partial charge in [-0.25, -0.2) is 0 Å².